The van der Waals surface area contributed by atoms with Crippen molar-refractivity contribution in [3.8, 4) is 0 Å². The molecule has 1 saturated carbocycles. The molecule has 0 radical (unpaired) electrons. The van der Waals surface area contributed by atoms with E-state index < -0.39 is 11.2 Å². The van der Waals surface area contributed by atoms with Gasteiger partial charge in [0.25, 0.3) is 0 Å². The zero-order valence-electron chi connectivity index (χ0n) is 12.3. The first-order valence-corrected chi connectivity index (χ1v) is 8.09. The van der Waals surface area contributed by atoms with Gasteiger partial charge in [0.15, 0.2) is 0 Å². The highest BCUT2D eigenvalue weighted by molar-refractivity contribution is 6.30. The van der Waals surface area contributed by atoms with Gasteiger partial charge in [-0.25, -0.2) is 0 Å². The van der Waals surface area contributed by atoms with E-state index in [9.17, 15) is 10.2 Å². The fourth-order valence-corrected chi connectivity index (χ4v) is 3.73. The van der Waals surface area contributed by atoms with Gasteiger partial charge < -0.3 is 10.2 Å². The van der Waals surface area contributed by atoms with Crippen molar-refractivity contribution in [3.05, 3.63) is 69.7 Å². The van der Waals surface area contributed by atoms with E-state index in [0.29, 0.717) is 22.9 Å². The summed E-state index contributed by atoms with van der Waals surface area (Å²) in [5.41, 5.74) is -0.568. The van der Waals surface area contributed by atoms with Crippen molar-refractivity contribution in [1.82, 2.24) is 0 Å². The van der Waals surface area contributed by atoms with Crippen LogP contribution in [0.1, 0.15) is 30.9 Å². The van der Waals surface area contributed by atoms with Gasteiger partial charge in [0.1, 0.15) is 0 Å². The van der Waals surface area contributed by atoms with Crippen molar-refractivity contribution in [2.24, 2.45) is 5.92 Å². The van der Waals surface area contributed by atoms with E-state index >= 15 is 0 Å². The minimum Gasteiger partial charge on any atom is -0.385 e. The molecule has 0 saturated heterocycles. The van der Waals surface area contributed by atoms with E-state index in [1.807, 2.05) is 31.2 Å². The number of rotatable bonds is 2. The molecule has 1 unspecified atom stereocenters. The Kier molecular flexibility index (Phi) is 3.98. The Hall–Kier alpha value is -1.06. The SMILES string of the molecule is CC1[C@](O)(c2ccc(Cl)cc2)CC[C@]1(O)c1ccc(Cl)cc1. The Morgan fingerprint density at radius 3 is 1.41 bits per heavy atom. The summed E-state index contributed by atoms with van der Waals surface area (Å²) >= 11 is 11.8. The summed E-state index contributed by atoms with van der Waals surface area (Å²) in [5.74, 6) is -0.345. The Labute approximate surface area is 140 Å². The molecule has 2 aromatic carbocycles. The van der Waals surface area contributed by atoms with E-state index in [4.69, 9.17) is 23.2 Å². The second kappa shape index (κ2) is 5.54. The standard InChI is InChI=1S/C18H18Cl2O2/c1-12-17(21,13-2-6-15(19)7-3-13)10-11-18(12,22)14-4-8-16(20)9-5-14/h2-9,12,21-22H,10-11H2,1H3/t12?,17-,18+. The molecule has 0 aromatic heterocycles. The van der Waals surface area contributed by atoms with Gasteiger partial charge in [-0.3, -0.25) is 0 Å². The van der Waals surface area contributed by atoms with Gasteiger partial charge in [0.2, 0.25) is 0 Å². The van der Waals surface area contributed by atoms with Gasteiger partial charge >= 0.3 is 0 Å². The molecule has 0 aliphatic heterocycles. The van der Waals surface area contributed by atoms with Crippen LogP contribution in [0.2, 0.25) is 10.0 Å². The summed E-state index contributed by atoms with van der Waals surface area (Å²) in [6.07, 6.45) is 0.990. The van der Waals surface area contributed by atoms with Crippen molar-refractivity contribution in [1.29, 1.82) is 0 Å². The largest absolute Gasteiger partial charge is 0.385 e. The van der Waals surface area contributed by atoms with Crippen LogP contribution in [-0.2, 0) is 11.2 Å². The molecule has 1 fully saturated rings. The van der Waals surface area contributed by atoms with Gasteiger partial charge in [-0.1, -0.05) is 54.4 Å². The van der Waals surface area contributed by atoms with Crippen molar-refractivity contribution < 1.29 is 10.2 Å². The third-order valence-electron chi connectivity index (χ3n) is 5.01. The van der Waals surface area contributed by atoms with Crippen LogP contribution in [0, 0.1) is 5.92 Å². The minimum atomic E-state index is -1.07. The fourth-order valence-electron chi connectivity index (χ4n) is 3.47. The Balaban J connectivity index is 1.98. The number of aliphatic hydroxyl groups is 2. The van der Waals surface area contributed by atoms with Crippen LogP contribution in [0.3, 0.4) is 0 Å². The van der Waals surface area contributed by atoms with Gasteiger partial charge in [-0.2, -0.15) is 0 Å². The third-order valence-corrected chi connectivity index (χ3v) is 5.51. The summed E-state index contributed by atoms with van der Waals surface area (Å²) in [6.45, 7) is 1.89. The molecule has 0 heterocycles. The molecule has 1 aliphatic carbocycles. The Bertz CT molecular complexity index is 609. The molecule has 2 aromatic rings. The van der Waals surface area contributed by atoms with Crippen molar-refractivity contribution in [3.63, 3.8) is 0 Å². The van der Waals surface area contributed by atoms with E-state index in [2.05, 4.69) is 0 Å². The summed E-state index contributed by atoms with van der Waals surface area (Å²) < 4.78 is 0. The maximum Gasteiger partial charge on any atom is 0.0953 e. The monoisotopic (exact) mass is 336 g/mol. The van der Waals surface area contributed by atoms with Crippen LogP contribution in [0.4, 0.5) is 0 Å². The first kappa shape index (κ1) is 15.8. The predicted octanol–water partition coefficient (Wildman–Crippen LogP) is 4.50. The molecule has 22 heavy (non-hydrogen) atoms. The molecule has 116 valence electrons. The Morgan fingerprint density at radius 1 is 0.773 bits per heavy atom. The highest BCUT2D eigenvalue weighted by Crippen LogP contribution is 2.53. The summed E-state index contributed by atoms with van der Waals surface area (Å²) in [6, 6.07) is 14.4. The first-order valence-electron chi connectivity index (χ1n) is 7.33. The molecule has 3 rings (SSSR count). The van der Waals surface area contributed by atoms with Crippen molar-refractivity contribution in [2.75, 3.05) is 0 Å². The van der Waals surface area contributed by atoms with Gasteiger partial charge in [-0.15, -0.1) is 0 Å². The van der Waals surface area contributed by atoms with Crippen LogP contribution in [0.25, 0.3) is 0 Å². The molecular formula is C18H18Cl2O2. The quantitative estimate of drug-likeness (QED) is 0.847. The third kappa shape index (κ3) is 2.44. The maximum atomic E-state index is 11.1. The van der Waals surface area contributed by atoms with Crippen LogP contribution in [-0.4, -0.2) is 10.2 Å². The van der Waals surface area contributed by atoms with Gasteiger partial charge in [-0.05, 0) is 48.2 Å². The topological polar surface area (TPSA) is 40.5 Å². The van der Waals surface area contributed by atoms with Gasteiger partial charge in [0.05, 0.1) is 11.2 Å². The first-order chi connectivity index (χ1) is 10.4. The van der Waals surface area contributed by atoms with Crippen LogP contribution in [0.5, 0.6) is 0 Å². The van der Waals surface area contributed by atoms with Crippen molar-refractivity contribution in [2.45, 2.75) is 31.0 Å². The van der Waals surface area contributed by atoms with E-state index in [0.717, 1.165) is 11.1 Å². The molecular weight excluding hydrogens is 319 g/mol. The lowest BCUT2D eigenvalue weighted by Gasteiger charge is -2.35. The van der Waals surface area contributed by atoms with Crippen LogP contribution < -0.4 is 0 Å². The number of halogens is 2. The molecule has 4 heteroatoms. The second-order valence-corrected chi connectivity index (χ2v) is 6.96. The van der Waals surface area contributed by atoms with Crippen LogP contribution >= 0.6 is 23.2 Å². The molecule has 0 amide bonds. The summed E-state index contributed by atoms with van der Waals surface area (Å²) in [4.78, 5) is 0. The number of hydrogen-bond acceptors (Lipinski definition) is 2. The molecule has 2 N–H and O–H groups in total. The number of benzene rings is 2. The molecule has 0 bridgehead atoms. The summed E-state index contributed by atoms with van der Waals surface area (Å²) in [5, 5.41) is 23.5. The summed E-state index contributed by atoms with van der Waals surface area (Å²) in [7, 11) is 0. The van der Waals surface area contributed by atoms with Crippen LogP contribution in [0.15, 0.2) is 48.5 Å². The fraction of sp³-hybridized carbons (Fsp3) is 0.333. The zero-order chi connectivity index (χ0) is 16.0. The molecule has 2 nitrogen and oxygen atoms in total. The molecule has 3 atom stereocenters. The molecule has 0 spiro atoms. The normalized spacial score (nSPS) is 31.4. The Morgan fingerprint density at radius 2 is 1.09 bits per heavy atom. The number of hydrogen-bond donors (Lipinski definition) is 2. The van der Waals surface area contributed by atoms with Gasteiger partial charge in [0, 0.05) is 16.0 Å². The highest BCUT2D eigenvalue weighted by atomic mass is 35.5. The van der Waals surface area contributed by atoms with Crippen molar-refractivity contribution >= 4 is 23.2 Å². The minimum absolute atomic E-state index is 0.345. The smallest absolute Gasteiger partial charge is 0.0953 e. The second-order valence-electron chi connectivity index (χ2n) is 6.08. The zero-order valence-corrected chi connectivity index (χ0v) is 13.8. The lowest BCUT2D eigenvalue weighted by molar-refractivity contribution is -0.0736. The van der Waals surface area contributed by atoms with E-state index in [-0.39, 0.29) is 5.92 Å². The lowest BCUT2D eigenvalue weighted by atomic mass is 9.77. The van der Waals surface area contributed by atoms with E-state index in [1.165, 1.54) is 0 Å². The predicted molar refractivity (Wildman–Crippen MR) is 89.1 cm³/mol. The highest BCUT2D eigenvalue weighted by Gasteiger charge is 2.54. The molecule has 1 aliphatic rings. The lowest BCUT2D eigenvalue weighted by Crippen LogP contribution is -2.38. The average molecular weight is 337 g/mol. The van der Waals surface area contributed by atoms with E-state index in [1.54, 1.807) is 24.3 Å². The average Bonchev–Trinajstić information content (AvgIpc) is 2.75. The maximum absolute atomic E-state index is 11.1.